The second-order valence-electron chi connectivity index (χ2n) is 8.26. The summed E-state index contributed by atoms with van der Waals surface area (Å²) in [6.07, 6.45) is 3.59. The maximum absolute atomic E-state index is 12.4. The summed E-state index contributed by atoms with van der Waals surface area (Å²) in [6.45, 7) is 9.75. The summed E-state index contributed by atoms with van der Waals surface area (Å²) in [5.41, 5.74) is 5.39. The standard InChI is InChI=1S/C24H31BrN2O2/c1-16(2)29-22(28)15-21-17(3)26-18(4)23(25)24(21)27-12-10-20(11-13-27)14-19-8-6-5-7-9-19/h5-9,16,20H,10-15H2,1-4H3. The molecular formula is C24H31BrN2O2. The summed E-state index contributed by atoms with van der Waals surface area (Å²) in [4.78, 5) is 19.4. The van der Waals surface area contributed by atoms with Gasteiger partial charge in [-0.3, -0.25) is 9.78 Å². The third-order valence-electron chi connectivity index (χ3n) is 5.57. The van der Waals surface area contributed by atoms with E-state index in [9.17, 15) is 4.79 Å². The Kier molecular flexibility index (Phi) is 7.33. The van der Waals surface area contributed by atoms with E-state index in [0.717, 1.165) is 59.5 Å². The van der Waals surface area contributed by atoms with E-state index in [0.29, 0.717) is 5.92 Å². The zero-order valence-electron chi connectivity index (χ0n) is 17.9. The molecule has 0 atom stereocenters. The molecule has 1 aromatic carbocycles. The molecule has 0 bridgehead atoms. The van der Waals surface area contributed by atoms with Crippen molar-refractivity contribution >= 4 is 27.6 Å². The van der Waals surface area contributed by atoms with Crippen molar-refractivity contribution in [2.75, 3.05) is 18.0 Å². The van der Waals surface area contributed by atoms with Gasteiger partial charge in [0, 0.05) is 24.3 Å². The van der Waals surface area contributed by atoms with Crippen molar-refractivity contribution in [2.45, 2.75) is 59.5 Å². The average molecular weight is 459 g/mol. The minimum absolute atomic E-state index is 0.109. The highest BCUT2D eigenvalue weighted by Crippen LogP contribution is 2.37. The maximum Gasteiger partial charge on any atom is 0.310 e. The van der Waals surface area contributed by atoms with Crippen molar-refractivity contribution < 1.29 is 9.53 Å². The number of aromatic nitrogens is 1. The molecule has 3 rings (SSSR count). The van der Waals surface area contributed by atoms with Gasteiger partial charge in [0.1, 0.15) is 0 Å². The van der Waals surface area contributed by atoms with Gasteiger partial charge < -0.3 is 9.64 Å². The van der Waals surface area contributed by atoms with Gasteiger partial charge in [-0.15, -0.1) is 0 Å². The number of piperidine rings is 1. The first kappa shape index (κ1) is 21.8. The van der Waals surface area contributed by atoms with Gasteiger partial charge in [0.15, 0.2) is 0 Å². The smallest absolute Gasteiger partial charge is 0.310 e. The Hall–Kier alpha value is -1.88. The minimum Gasteiger partial charge on any atom is -0.463 e. The van der Waals surface area contributed by atoms with Gasteiger partial charge >= 0.3 is 5.97 Å². The van der Waals surface area contributed by atoms with Crippen LogP contribution in [0.4, 0.5) is 5.69 Å². The topological polar surface area (TPSA) is 42.4 Å². The second kappa shape index (κ2) is 9.75. The lowest BCUT2D eigenvalue weighted by Gasteiger charge is -2.36. The molecule has 1 aromatic heterocycles. The third kappa shape index (κ3) is 5.59. The van der Waals surface area contributed by atoms with E-state index in [1.54, 1.807) is 0 Å². The van der Waals surface area contributed by atoms with E-state index in [1.807, 2.05) is 27.7 Å². The second-order valence-corrected chi connectivity index (χ2v) is 9.05. The van der Waals surface area contributed by atoms with E-state index >= 15 is 0 Å². The number of rotatable bonds is 6. The molecule has 4 nitrogen and oxygen atoms in total. The summed E-state index contributed by atoms with van der Waals surface area (Å²) in [7, 11) is 0. The first-order valence-corrected chi connectivity index (χ1v) is 11.3. The number of benzene rings is 1. The summed E-state index contributed by atoms with van der Waals surface area (Å²) in [5, 5.41) is 0. The Bertz CT molecular complexity index is 844. The number of carbonyl (C=O) groups excluding carboxylic acids is 1. The van der Waals surface area contributed by atoms with E-state index in [1.165, 1.54) is 5.56 Å². The predicted octanol–water partition coefficient (Wildman–Crippen LogP) is 5.41. The molecular weight excluding hydrogens is 428 g/mol. The van der Waals surface area contributed by atoms with Crippen LogP contribution in [0.25, 0.3) is 0 Å². The van der Waals surface area contributed by atoms with Crippen LogP contribution in [0, 0.1) is 19.8 Å². The molecule has 1 fully saturated rings. The van der Waals surface area contributed by atoms with Crippen molar-refractivity contribution in [3.05, 3.63) is 57.3 Å². The lowest BCUT2D eigenvalue weighted by atomic mass is 9.89. The summed E-state index contributed by atoms with van der Waals surface area (Å²) >= 11 is 3.75. The van der Waals surface area contributed by atoms with Gasteiger partial charge in [0.05, 0.1) is 28.4 Å². The lowest BCUT2D eigenvalue weighted by molar-refractivity contribution is -0.146. The van der Waals surface area contributed by atoms with Crippen LogP contribution in [-0.2, 0) is 22.4 Å². The molecule has 0 aliphatic carbocycles. The average Bonchev–Trinajstić information content (AvgIpc) is 2.67. The number of hydrogen-bond donors (Lipinski definition) is 0. The fourth-order valence-electron chi connectivity index (χ4n) is 4.14. The van der Waals surface area contributed by atoms with E-state index in [4.69, 9.17) is 4.74 Å². The Labute approximate surface area is 182 Å². The van der Waals surface area contributed by atoms with Gasteiger partial charge in [-0.25, -0.2) is 0 Å². The van der Waals surface area contributed by atoms with Crippen LogP contribution < -0.4 is 4.90 Å². The molecule has 29 heavy (non-hydrogen) atoms. The SMILES string of the molecule is Cc1nc(C)c(CC(=O)OC(C)C)c(N2CCC(Cc3ccccc3)CC2)c1Br. The number of carbonyl (C=O) groups is 1. The van der Waals surface area contributed by atoms with Crippen molar-refractivity contribution in [1.82, 2.24) is 4.98 Å². The predicted molar refractivity (Wildman–Crippen MR) is 121 cm³/mol. The summed E-state index contributed by atoms with van der Waals surface area (Å²) < 4.78 is 6.40. The molecule has 2 heterocycles. The van der Waals surface area contributed by atoms with E-state index in [2.05, 4.69) is 56.1 Å². The number of ether oxygens (including phenoxy) is 1. The van der Waals surface area contributed by atoms with Crippen molar-refractivity contribution in [3.63, 3.8) is 0 Å². The molecule has 1 aliphatic rings. The zero-order chi connectivity index (χ0) is 21.0. The third-order valence-corrected chi connectivity index (χ3v) is 6.52. The summed E-state index contributed by atoms with van der Waals surface area (Å²) in [5.74, 6) is 0.506. The number of halogens is 1. The van der Waals surface area contributed by atoms with Crippen LogP contribution in [0.1, 0.15) is 49.2 Å². The molecule has 0 spiro atoms. The van der Waals surface area contributed by atoms with Crippen molar-refractivity contribution in [3.8, 4) is 0 Å². The first-order chi connectivity index (χ1) is 13.8. The quantitative estimate of drug-likeness (QED) is 0.542. The fraction of sp³-hybridized carbons (Fsp3) is 0.500. The van der Waals surface area contributed by atoms with Gasteiger partial charge in [0.25, 0.3) is 0 Å². The monoisotopic (exact) mass is 458 g/mol. The molecule has 1 saturated heterocycles. The first-order valence-electron chi connectivity index (χ1n) is 10.5. The zero-order valence-corrected chi connectivity index (χ0v) is 19.5. The van der Waals surface area contributed by atoms with Crippen molar-refractivity contribution in [1.29, 1.82) is 0 Å². The Morgan fingerprint density at radius 2 is 1.83 bits per heavy atom. The van der Waals surface area contributed by atoms with Crippen LogP contribution in [0.5, 0.6) is 0 Å². The number of pyridine rings is 1. The van der Waals surface area contributed by atoms with Crippen LogP contribution in [0.2, 0.25) is 0 Å². The van der Waals surface area contributed by atoms with Crippen molar-refractivity contribution in [2.24, 2.45) is 5.92 Å². The minimum atomic E-state index is -0.194. The maximum atomic E-state index is 12.4. The molecule has 5 heteroatoms. The molecule has 0 amide bonds. The molecule has 0 radical (unpaired) electrons. The number of hydrogen-bond acceptors (Lipinski definition) is 4. The molecule has 0 saturated carbocycles. The fourth-order valence-corrected chi connectivity index (χ4v) is 4.72. The van der Waals surface area contributed by atoms with Crippen LogP contribution in [0.15, 0.2) is 34.8 Å². The highest BCUT2D eigenvalue weighted by Gasteiger charge is 2.26. The number of esters is 1. The highest BCUT2D eigenvalue weighted by atomic mass is 79.9. The summed E-state index contributed by atoms with van der Waals surface area (Å²) in [6, 6.07) is 10.7. The Morgan fingerprint density at radius 3 is 2.45 bits per heavy atom. The number of nitrogens with zero attached hydrogens (tertiary/aromatic N) is 2. The van der Waals surface area contributed by atoms with E-state index < -0.39 is 0 Å². The molecule has 2 aromatic rings. The van der Waals surface area contributed by atoms with Crippen LogP contribution in [0.3, 0.4) is 0 Å². The van der Waals surface area contributed by atoms with E-state index in [-0.39, 0.29) is 18.5 Å². The Morgan fingerprint density at radius 1 is 1.17 bits per heavy atom. The number of anilines is 1. The largest absolute Gasteiger partial charge is 0.463 e. The number of aryl methyl sites for hydroxylation is 2. The van der Waals surface area contributed by atoms with Gasteiger partial charge in [-0.05, 0) is 74.4 Å². The van der Waals surface area contributed by atoms with Gasteiger partial charge in [0.2, 0.25) is 0 Å². The highest BCUT2D eigenvalue weighted by molar-refractivity contribution is 9.10. The molecule has 1 aliphatic heterocycles. The normalized spacial score (nSPS) is 15.0. The Balaban J connectivity index is 1.76. The lowest BCUT2D eigenvalue weighted by Crippen LogP contribution is -2.36. The molecule has 0 N–H and O–H groups in total. The van der Waals surface area contributed by atoms with Crippen LogP contribution >= 0.6 is 15.9 Å². The molecule has 0 unspecified atom stereocenters. The van der Waals surface area contributed by atoms with Gasteiger partial charge in [-0.2, -0.15) is 0 Å². The van der Waals surface area contributed by atoms with Crippen LogP contribution in [-0.4, -0.2) is 30.1 Å². The van der Waals surface area contributed by atoms with Gasteiger partial charge in [-0.1, -0.05) is 30.3 Å². The molecule has 156 valence electrons.